The largest absolute Gasteiger partial charge is 0.357 e. The third-order valence-electron chi connectivity index (χ3n) is 4.88. The standard InChI is InChI=1S/C19H26N2O3S/c1-19(2,3)18-16(13-22)15-12-14(8-9-17(15)20-18)25(23,24)21-10-6-4-5-7-11-21/h8-9,12-13,20H,4-7,10-11H2,1-3H3. The maximum absolute atomic E-state index is 13.0. The van der Waals surface area contributed by atoms with Gasteiger partial charge in [-0.3, -0.25) is 4.79 Å². The number of fused-ring (bicyclic) bond motifs is 1. The van der Waals surface area contributed by atoms with Crippen molar-refractivity contribution in [2.45, 2.75) is 56.8 Å². The van der Waals surface area contributed by atoms with Gasteiger partial charge in [-0.1, -0.05) is 33.6 Å². The van der Waals surface area contributed by atoms with Crippen LogP contribution in [0.3, 0.4) is 0 Å². The van der Waals surface area contributed by atoms with E-state index in [9.17, 15) is 13.2 Å². The normalized spacial score (nSPS) is 17.6. The van der Waals surface area contributed by atoms with Crippen molar-refractivity contribution in [2.24, 2.45) is 0 Å². The van der Waals surface area contributed by atoms with E-state index < -0.39 is 10.0 Å². The van der Waals surface area contributed by atoms with E-state index in [1.807, 2.05) is 20.8 Å². The van der Waals surface area contributed by atoms with Crippen LogP contribution in [0, 0.1) is 0 Å². The second-order valence-electron chi connectivity index (χ2n) is 7.81. The second kappa shape index (κ2) is 6.57. The molecule has 2 aromatic rings. The number of nitrogens with one attached hydrogen (secondary N) is 1. The average molecular weight is 362 g/mol. The molecule has 0 bridgehead atoms. The molecule has 0 spiro atoms. The molecule has 1 N–H and O–H groups in total. The van der Waals surface area contributed by atoms with Gasteiger partial charge < -0.3 is 4.98 Å². The van der Waals surface area contributed by atoms with Gasteiger partial charge in [-0.15, -0.1) is 0 Å². The van der Waals surface area contributed by atoms with Gasteiger partial charge in [0.2, 0.25) is 10.0 Å². The summed E-state index contributed by atoms with van der Waals surface area (Å²) in [5, 5.41) is 0.677. The van der Waals surface area contributed by atoms with Gasteiger partial charge in [-0.05, 0) is 31.0 Å². The summed E-state index contributed by atoms with van der Waals surface area (Å²) in [6.07, 6.45) is 4.78. The lowest BCUT2D eigenvalue weighted by molar-refractivity contribution is 0.112. The number of aldehydes is 1. The van der Waals surface area contributed by atoms with E-state index in [-0.39, 0.29) is 10.3 Å². The lowest BCUT2D eigenvalue weighted by atomic mass is 9.89. The van der Waals surface area contributed by atoms with Crippen LogP contribution in [-0.2, 0) is 15.4 Å². The SMILES string of the molecule is CC(C)(C)c1[nH]c2ccc(S(=O)(=O)N3CCCCCC3)cc2c1C=O. The number of carbonyl (C=O) groups excluding carboxylic acids is 1. The summed E-state index contributed by atoms with van der Waals surface area (Å²) < 4.78 is 27.6. The first kappa shape index (κ1) is 18.1. The zero-order valence-corrected chi connectivity index (χ0v) is 15.9. The second-order valence-corrected chi connectivity index (χ2v) is 9.75. The highest BCUT2D eigenvalue weighted by atomic mass is 32.2. The molecule has 6 heteroatoms. The molecule has 3 rings (SSSR count). The molecule has 0 radical (unpaired) electrons. The first-order valence-electron chi connectivity index (χ1n) is 8.86. The first-order valence-corrected chi connectivity index (χ1v) is 10.3. The van der Waals surface area contributed by atoms with E-state index in [4.69, 9.17) is 0 Å². The topological polar surface area (TPSA) is 70.2 Å². The minimum atomic E-state index is -3.52. The fraction of sp³-hybridized carbons (Fsp3) is 0.526. The van der Waals surface area contributed by atoms with E-state index >= 15 is 0 Å². The van der Waals surface area contributed by atoms with Gasteiger partial charge in [0, 0.05) is 40.7 Å². The Balaban J connectivity index is 2.10. The number of rotatable bonds is 3. The molecule has 0 saturated carbocycles. The van der Waals surface area contributed by atoms with Crippen molar-refractivity contribution in [3.8, 4) is 0 Å². The maximum atomic E-state index is 13.0. The van der Waals surface area contributed by atoms with Crippen molar-refractivity contribution in [3.63, 3.8) is 0 Å². The van der Waals surface area contributed by atoms with Gasteiger partial charge in [0.05, 0.1) is 4.90 Å². The number of aromatic nitrogens is 1. The zero-order valence-electron chi connectivity index (χ0n) is 15.1. The first-order chi connectivity index (χ1) is 11.7. The molecule has 0 amide bonds. The highest BCUT2D eigenvalue weighted by molar-refractivity contribution is 7.89. The van der Waals surface area contributed by atoms with Gasteiger partial charge in [-0.2, -0.15) is 4.31 Å². The van der Waals surface area contributed by atoms with Crippen molar-refractivity contribution in [3.05, 3.63) is 29.5 Å². The molecule has 5 nitrogen and oxygen atoms in total. The fourth-order valence-electron chi connectivity index (χ4n) is 3.50. The number of benzene rings is 1. The van der Waals surface area contributed by atoms with Crippen LogP contribution in [0.4, 0.5) is 0 Å². The zero-order chi connectivity index (χ0) is 18.2. The Morgan fingerprint density at radius 2 is 1.72 bits per heavy atom. The molecule has 1 aliphatic rings. The predicted molar refractivity (Wildman–Crippen MR) is 99.6 cm³/mol. The summed E-state index contributed by atoms with van der Waals surface area (Å²) >= 11 is 0. The minimum absolute atomic E-state index is 0.223. The van der Waals surface area contributed by atoms with Crippen molar-refractivity contribution in [1.29, 1.82) is 0 Å². The van der Waals surface area contributed by atoms with E-state index in [2.05, 4.69) is 4.98 Å². The molecule has 1 fully saturated rings. The third kappa shape index (κ3) is 3.37. The number of carbonyl (C=O) groups is 1. The summed E-state index contributed by atoms with van der Waals surface area (Å²) in [6.45, 7) is 7.22. The summed E-state index contributed by atoms with van der Waals surface area (Å²) in [6, 6.07) is 5.05. The Hall–Kier alpha value is -1.66. The summed E-state index contributed by atoms with van der Waals surface area (Å²) in [5.74, 6) is 0. The van der Waals surface area contributed by atoms with Crippen molar-refractivity contribution in [2.75, 3.05) is 13.1 Å². The smallest absolute Gasteiger partial charge is 0.243 e. The monoisotopic (exact) mass is 362 g/mol. The Kier molecular flexibility index (Phi) is 4.77. The van der Waals surface area contributed by atoms with Crippen LogP contribution in [-0.4, -0.2) is 37.1 Å². The van der Waals surface area contributed by atoms with Crippen LogP contribution in [0.1, 0.15) is 62.5 Å². The van der Waals surface area contributed by atoms with Gasteiger partial charge in [0.15, 0.2) is 6.29 Å². The molecule has 0 aliphatic carbocycles. The van der Waals surface area contributed by atoms with Crippen molar-refractivity contribution < 1.29 is 13.2 Å². The van der Waals surface area contributed by atoms with Crippen LogP contribution in [0.2, 0.25) is 0 Å². The lowest BCUT2D eigenvalue weighted by Gasteiger charge is -2.20. The average Bonchev–Trinajstić information content (AvgIpc) is 2.72. The van der Waals surface area contributed by atoms with E-state index in [0.29, 0.717) is 24.0 Å². The molecule has 0 atom stereocenters. The van der Waals surface area contributed by atoms with Crippen LogP contribution in [0.25, 0.3) is 10.9 Å². The van der Waals surface area contributed by atoms with Crippen molar-refractivity contribution in [1.82, 2.24) is 9.29 Å². The van der Waals surface area contributed by atoms with Crippen LogP contribution < -0.4 is 0 Å². The Bertz CT molecular complexity index is 883. The Morgan fingerprint density at radius 3 is 2.28 bits per heavy atom. The molecule has 136 valence electrons. The Morgan fingerprint density at radius 1 is 1.08 bits per heavy atom. The molecule has 1 aliphatic heterocycles. The number of sulfonamides is 1. The quantitative estimate of drug-likeness (QED) is 0.843. The highest BCUT2D eigenvalue weighted by Crippen LogP contribution is 2.32. The van der Waals surface area contributed by atoms with Gasteiger partial charge in [-0.25, -0.2) is 8.42 Å². The van der Waals surface area contributed by atoms with Gasteiger partial charge >= 0.3 is 0 Å². The minimum Gasteiger partial charge on any atom is -0.357 e. The summed E-state index contributed by atoms with van der Waals surface area (Å²) in [5.41, 5.74) is 1.96. The lowest BCUT2D eigenvalue weighted by Crippen LogP contribution is -2.31. The molecule has 1 saturated heterocycles. The number of nitrogens with zero attached hydrogens (tertiary/aromatic N) is 1. The van der Waals surface area contributed by atoms with E-state index in [0.717, 1.165) is 43.2 Å². The van der Waals surface area contributed by atoms with Gasteiger partial charge in [0.25, 0.3) is 0 Å². The summed E-state index contributed by atoms with van der Waals surface area (Å²) in [7, 11) is -3.52. The van der Waals surface area contributed by atoms with Crippen LogP contribution in [0.15, 0.2) is 23.1 Å². The molecule has 1 aromatic carbocycles. The molecule has 25 heavy (non-hydrogen) atoms. The van der Waals surface area contributed by atoms with Crippen LogP contribution >= 0.6 is 0 Å². The van der Waals surface area contributed by atoms with E-state index in [1.165, 1.54) is 0 Å². The third-order valence-corrected chi connectivity index (χ3v) is 6.78. The number of hydrogen-bond donors (Lipinski definition) is 1. The Labute approximate surface area is 149 Å². The number of H-pyrrole nitrogens is 1. The molecular formula is C19H26N2O3S. The van der Waals surface area contributed by atoms with E-state index in [1.54, 1.807) is 22.5 Å². The number of aromatic amines is 1. The molecule has 2 heterocycles. The maximum Gasteiger partial charge on any atom is 0.243 e. The molecule has 1 aromatic heterocycles. The molecular weight excluding hydrogens is 336 g/mol. The molecule has 0 unspecified atom stereocenters. The summed E-state index contributed by atoms with van der Waals surface area (Å²) in [4.78, 5) is 15.2. The van der Waals surface area contributed by atoms with Crippen molar-refractivity contribution >= 4 is 27.2 Å². The predicted octanol–water partition coefficient (Wildman–Crippen LogP) is 3.84. The highest BCUT2D eigenvalue weighted by Gasteiger charge is 2.27. The number of hydrogen-bond acceptors (Lipinski definition) is 3. The van der Waals surface area contributed by atoms with Crippen LogP contribution in [0.5, 0.6) is 0 Å². The van der Waals surface area contributed by atoms with Gasteiger partial charge in [0.1, 0.15) is 0 Å². The fourth-order valence-corrected chi connectivity index (χ4v) is 5.04.